The summed E-state index contributed by atoms with van der Waals surface area (Å²) in [6.45, 7) is 0. The number of hydrogen-bond donors (Lipinski definition) is 1. The Morgan fingerprint density at radius 2 is 1.94 bits per heavy atom. The van der Waals surface area contributed by atoms with Gasteiger partial charge >= 0.3 is 5.51 Å². The van der Waals surface area contributed by atoms with E-state index in [1.807, 2.05) is 0 Å². The number of halogens is 3. The number of nitrogens with one attached hydrogen (secondary N) is 1. The maximum absolute atomic E-state index is 12.2. The molecule has 0 aromatic heterocycles. The quantitative estimate of drug-likeness (QED) is 0.806. The summed E-state index contributed by atoms with van der Waals surface area (Å²) in [4.78, 5) is 10.8. The molecule has 98 valence electrons. The molecule has 1 aromatic carbocycles. The minimum Gasteiger partial charge on any atom is -0.324 e. The first-order chi connectivity index (χ1) is 8.17. The van der Waals surface area contributed by atoms with Gasteiger partial charge in [0, 0.05) is 4.90 Å². The van der Waals surface area contributed by atoms with E-state index in [0.29, 0.717) is 0 Å². The van der Waals surface area contributed by atoms with Crippen molar-refractivity contribution < 1.29 is 26.4 Å². The van der Waals surface area contributed by atoms with Crippen LogP contribution in [0.2, 0.25) is 0 Å². The van der Waals surface area contributed by atoms with Crippen LogP contribution in [0.15, 0.2) is 28.0 Å². The van der Waals surface area contributed by atoms with Crippen molar-refractivity contribution in [3.63, 3.8) is 0 Å². The lowest BCUT2D eigenvalue weighted by Crippen LogP contribution is -2.29. The highest BCUT2D eigenvalue weighted by atomic mass is 32.2. The molecule has 1 N–H and O–H groups in total. The van der Waals surface area contributed by atoms with Crippen molar-refractivity contribution in [2.24, 2.45) is 0 Å². The first-order valence-corrected chi connectivity index (χ1v) is 7.07. The minimum absolute atomic E-state index is 0.111. The van der Waals surface area contributed by atoms with Crippen LogP contribution in [0.3, 0.4) is 0 Å². The number of rotatable bonds is 1. The topological polar surface area (TPSA) is 63.2 Å². The Morgan fingerprint density at radius 3 is 2.56 bits per heavy atom. The second-order valence-electron chi connectivity index (χ2n) is 3.51. The first-order valence-electron chi connectivity index (χ1n) is 4.60. The molecule has 0 saturated carbocycles. The molecule has 1 aromatic rings. The number of amides is 1. The van der Waals surface area contributed by atoms with Gasteiger partial charge in [-0.15, -0.1) is 0 Å². The van der Waals surface area contributed by atoms with Crippen molar-refractivity contribution in [3.8, 4) is 0 Å². The molecule has 9 heteroatoms. The molecule has 18 heavy (non-hydrogen) atoms. The number of carbonyl (C=O) groups is 1. The van der Waals surface area contributed by atoms with Crippen LogP contribution in [-0.4, -0.2) is 25.6 Å². The second-order valence-corrected chi connectivity index (χ2v) is 6.61. The highest BCUT2D eigenvalue weighted by Gasteiger charge is 2.32. The van der Waals surface area contributed by atoms with E-state index in [4.69, 9.17) is 0 Å². The third kappa shape index (κ3) is 2.78. The molecular weight excluding hydrogens is 291 g/mol. The lowest BCUT2D eigenvalue weighted by atomic mass is 10.3. The zero-order chi connectivity index (χ0) is 13.6. The van der Waals surface area contributed by atoms with Gasteiger partial charge in [0.2, 0.25) is 5.91 Å². The van der Waals surface area contributed by atoms with E-state index in [0.717, 1.165) is 18.2 Å². The van der Waals surface area contributed by atoms with Crippen LogP contribution in [0.25, 0.3) is 0 Å². The summed E-state index contributed by atoms with van der Waals surface area (Å²) in [5.74, 6) is -1.44. The fourth-order valence-electron chi connectivity index (χ4n) is 1.51. The summed E-state index contributed by atoms with van der Waals surface area (Å²) >= 11 is -0.371. The Bertz CT molecular complexity index is 610. The zero-order valence-electron chi connectivity index (χ0n) is 8.61. The molecule has 0 fully saturated rings. The Hall–Kier alpha value is -1.22. The number of benzene rings is 1. The molecule has 0 aliphatic carbocycles. The van der Waals surface area contributed by atoms with Crippen LogP contribution in [-0.2, 0) is 14.6 Å². The van der Waals surface area contributed by atoms with E-state index >= 15 is 0 Å². The minimum atomic E-state index is -4.47. The molecule has 0 spiro atoms. The van der Waals surface area contributed by atoms with E-state index in [-0.39, 0.29) is 27.2 Å². The van der Waals surface area contributed by atoms with Gasteiger partial charge in [0.15, 0.2) is 9.84 Å². The molecule has 0 radical (unpaired) electrons. The van der Waals surface area contributed by atoms with E-state index in [9.17, 15) is 26.4 Å². The largest absolute Gasteiger partial charge is 0.446 e. The highest BCUT2D eigenvalue weighted by Crippen LogP contribution is 2.39. The molecule has 0 unspecified atom stereocenters. The summed E-state index contributed by atoms with van der Waals surface area (Å²) < 4.78 is 59.7. The molecular formula is C9H6F3NO3S2. The number of anilines is 1. The summed E-state index contributed by atoms with van der Waals surface area (Å²) in [5.41, 5.74) is -4.58. The van der Waals surface area contributed by atoms with Gasteiger partial charge in [0.05, 0.1) is 10.6 Å². The van der Waals surface area contributed by atoms with Crippen molar-refractivity contribution >= 4 is 33.2 Å². The molecule has 1 heterocycles. The number of fused-ring (bicyclic) bond motifs is 1. The van der Waals surface area contributed by atoms with Crippen LogP contribution < -0.4 is 5.32 Å². The molecule has 1 amide bonds. The monoisotopic (exact) mass is 297 g/mol. The van der Waals surface area contributed by atoms with Gasteiger partial charge in [0.25, 0.3) is 0 Å². The van der Waals surface area contributed by atoms with E-state index in [1.54, 1.807) is 0 Å². The highest BCUT2D eigenvalue weighted by molar-refractivity contribution is 8.00. The average molecular weight is 297 g/mol. The van der Waals surface area contributed by atoms with Crippen LogP contribution >= 0.6 is 11.8 Å². The van der Waals surface area contributed by atoms with Crippen LogP contribution in [0.5, 0.6) is 0 Å². The normalized spacial score (nSPS) is 18.1. The van der Waals surface area contributed by atoms with Gasteiger partial charge in [-0.2, -0.15) is 13.2 Å². The van der Waals surface area contributed by atoms with Crippen LogP contribution in [0, 0.1) is 0 Å². The maximum atomic E-state index is 12.2. The first kappa shape index (κ1) is 13.2. The summed E-state index contributed by atoms with van der Waals surface area (Å²) in [5, 5.41) is 2.24. The lowest BCUT2D eigenvalue weighted by Gasteiger charge is -2.18. The molecule has 4 nitrogen and oxygen atoms in total. The SMILES string of the molecule is O=C1CS(=O)(=O)c2ccc(SC(F)(F)F)cc2N1. The third-order valence-corrected chi connectivity index (χ3v) is 4.50. The summed E-state index contributed by atoms with van der Waals surface area (Å²) in [6.07, 6.45) is 0. The Morgan fingerprint density at radius 1 is 1.28 bits per heavy atom. The standard InChI is InChI=1S/C9H6F3NO3S2/c10-9(11,12)17-5-1-2-7-6(3-5)13-8(14)4-18(7,15)16/h1-3H,4H2,(H,13,14). The Kier molecular flexibility index (Phi) is 3.06. The molecule has 1 aliphatic heterocycles. The molecule has 0 atom stereocenters. The molecule has 0 saturated heterocycles. The fourth-order valence-corrected chi connectivity index (χ4v) is 3.39. The Labute approximate surface area is 104 Å². The molecule has 0 bridgehead atoms. The van der Waals surface area contributed by atoms with E-state index < -0.39 is 27.0 Å². The van der Waals surface area contributed by atoms with Gasteiger partial charge in [0.1, 0.15) is 5.75 Å². The van der Waals surface area contributed by atoms with Crippen LogP contribution in [0.4, 0.5) is 18.9 Å². The van der Waals surface area contributed by atoms with Gasteiger partial charge in [-0.1, -0.05) is 0 Å². The predicted octanol–water partition coefficient (Wildman–Crippen LogP) is 2.02. The van der Waals surface area contributed by atoms with E-state index in [1.165, 1.54) is 0 Å². The van der Waals surface area contributed by atoms with Gasteiger partial charge in [-0.3, -0.25) is 4.79 Å². The fraction of sp³-hybridized carbons (Fsp3) is 0.222. The van der Waals surface area contributed by atoms with Crippen molar-refractivity contribution in [1.29, 1.82) is 0 Å². The number of hydrogen-bond acceptors (Lipinski definition) is 4. The van der Waals surface area contributed by atoms with E-state index in [2.05, 4.69) is 5.32 Å². The number of alkyl halides is 3. The zero-order valence-corrected chi connectivity index (χ0v) is 10.2. The molecule has 2 rings (SSSR count). The van der Waals surface area contributed by atoms with Crippen molar-refractivity contribution in [1.82, 2.24) is 0 Å². The van der Waals surface area contributed by atoms with Crippen molar-refractivity contribution in [2.75, 3.05) is 11.1 Å². The van der Waals surface area contributed by atoms with Crippen LogP contribution in [0.1, 0.15) is 0 Å². The number of carbonyl (C=O) groups excluding carboxylic acids is 1. The van der Waals surface area contributed by atoms with Gasteiger partial charge in [-0.05, 0) is 30.0 Å². The van der Waals surface area contributed by atoms with Gasteiger partial charge < -0.3 is 5.32 Å². The van der Waals surface area contributed by atoms with Crippen molar-refractivity contribution in [2.45, 2.75) is 15.3 Å². The van der Waals surface area contributed by atoms with Gasteiger partial charge in [-0.25, -0.2) is 8.42 Å². The summed E-state index contributed by atoms with van der Waals surface area (Å²) in [6, 6.07) is 3.13. The smallest absolute Gasteiger partial charge is 0.324 e. The predicted molar refractivity (Wildman–Crippen MR) is 59.0 cm³/mol. The third-order valence-electron chi connectivity index (χ3n) is 2.11. The summed E-state index contributed by atoms with van der Waals surface area (Å²) in [7, 11) is -3.75. The maximum Gasteiger partial charge on any atom is 0.446 e. The average Bonchev–Trinajstić information content (AvgIpc) is 2.11. The Balaban J connectivity index is 2.44. The second kappa shape index (κ2) is 4.16. The molecule has 1 aliphatic rings. The lowest BCUT2D eigenvalue weighted by molar-refractivity contribution is -0.114. The van der Waals surface area contributed by atoms with Crippen molar-refractivity contribution in [3.05, 3.63) is 18.2 Å². The number of thioether (sulfide) groups is 1. The number of sulfone groups is 1.